The Morgan fingerprint density at radius 2 is 1.86 bits per heavy atom. The second-order valence-corrected chi connectivity index (χ2v) is 4.23. The molecule has 0 aliphatic heterocycles. The molecular weight excluding hydrogens is 172 g/mol. The molecular formula is C12H16N2. The molecule has 0 amide bonds. The molecule has 1 aliphatic carbocycles. The van der Waals surface area contributed by atoms with E-state index < -0.39 is 0 Å². The van der Waals surface area contributed by atoms with E-state index in [4.69, 9.17) is 11.1 Å². The lowest BCUT2D eigenvalue weighted by Gasteiger charge is -2.34. The number of nitrogens with one attached hydrogen (secondary N) is 1. The lowest BCUT2D eigenvalue weighted by atomic mass is 9.71. The Balaban J connectivity index is 2.00. The van der Waals surface area contributed by atoms with Crippen LogP contribution < -0.4 is 5.73 Å². The highest BCUT2D eigenvalue weighted by Crippen LogP contribution is 2.41. The Bertz CT molecular complexity index is 334. The number of rotatable bonds is 2. The molecule has 1 aromatic rings. The zero-order valence-electron chi connectivity index (χ0n) is 8.46. The van der Waals surface area contributed by atoms with E-state index in [1.54, 1.807) is 0 Å². The molecule has 0 bridgehead atoms. The van der Waals surface area contributed by atoms with Crippen LogP contribution in [0, 0.1) is 18.3 Å². The van der Waals surface area contributed by atoms with Gasteiger partial charge in [0.25, 0.3) is 0 Å². The van der Waals surface area contributed by atoms with E-state index in [1.807, 2.05) is 0 Å². The minimum atomic E-state index is 0.335. The van der Waals surface area contributed by atoms with Crippen molar-refractivity contribution in [3.63, 3.8) is 0 Å². The summed E-state index contributed by atoms with van der Waals surface area (Å²) in [5.74, 6) is 1.32. The van der Waals surface area contributed by atoms with Gasteiger partial charge in [-0.25, -0.2) is 0 Å². The Morgan fingerprint density at radius 1 is 1.29 bits per heavy atom. The van der Waals surface area contributed by atoms with Crippen LogP contribution in [0.5, 0.6) is 0 Å². The van der Waals surface area contributed by atoms with Gasteiger partial charge in [0.1, 0.15) is 0 Å². The third-order valence-electron chi connectivity index (χ3n) is 3.13. The van der Waals surface area contributed by atoms with Crippen molar-refractivity contribution in [2.45, 2.75) is 25.7 Å². The van der Waals surface area contributed by atoms with Crippen LogP contribution >= 0.6 is 0 Å². The summed E-state index contributed by atoms with van der Waals surface area (Å²) in [6.45, 7) is 2.10. The maximum Gasteiger partial charge on any atom is 0.0937 e. The fourth-order valence-corrected chi connectivity index (χ4v) is 1.98. The number of amidine groups is 1. The smallest absolute Gasteiger partial charge is 0.0937 e. The number of benzene rings is 1. The van der Waals surface area contributed by atoms with Crippen LogP contribution in [0.25, 0.3) is 0 Å². The van der Waals surface area contributed by atoms with Crippen LogP contribution in [0.2, 0.25) is 0 Å². The van der Waals surface area contributed by atoms with Crippen molar-refractivity contribution in [2.75, 3.05) is 0 Å². The fraction of sp³-hybridized carbons (Fsp3) is 0.417. The second kappa shape index (κ2) is 3.45. The molecule has 0 unspecified atom stereocenters. The third-order valence-corrected chi connectivity index (χ3v) is 3.13. The third kappa shape index (κ3) is 1.65. The van der Waals surface area contributed by atoms with Gasteiger partial charge in [0.05, 0.1) is 5.84 Å². The van der Waals surface area contributed by atoms with Gasteiger partial charge in [-0.05, 0) is 31.2 Å². The van der Waals surface area contributed by atoms with Gasteiger partial charge in [0.15, 0.2) is 0 Å². The van der Waals surface area contributed by atoms with Crippen molar-refractivity contribution in [3.05, 3.63) is 35.4 Å². The molecule has 74 valence electrons. The van der Waals surface area contributed by atoms with Crippen LogP contribution in [-0.2, 0) is 0 Å². The van der Waals surface area contributed by atoms with Crippen molar-refractivity contribution in [3.8, 4) is 0 Å². The van der Waals surface area contributed by atoms with Gasteiger partial charge in [0, 0.05) is 5.92 Å². The molecule has 0 atom stereocenters. The fourth-order valence-electron chi connectivity index (χ4n) is 1.98. The second-order valence-electron chi connectivity index (χ2n) is 4.23. The summed E-state index contributed by atoms with van der Waals surface area (Å²) in [5, 5.41) is 7.32. The first-order valence-corrected chi connectivity index (χ1v) is 5.07. The number of hydrogen-bond acceptors (Lipinski definition) is 1. The number of aryl methyl sites for hydroxylation is 1. The predicted molar refractivity (Wildman–Crippen MR) is 58.6 cm³/mol. The molecule has 1 saturated carbocycles. The molecule has 14 heavy (non-hydrogen) atoms. The first kappa shape index (κ1) is 9.25. The quantitative estimate of drug-likeness (QED) is 0.543. The molecule has 0 radical (unpaired) electrons. The minimum Gasteiger partial charge on any atom is -0.387 e. The largest absolute Gasteiger partial charge is 0.387 e. The van der Waals surface area contributed by atoms with Gasteiger partial charge in [-0.3, -0.25) is 5.41 Å². The summed E-state index contributed by atoms with van der Waals surface area (Å²) in [6, 6.07) is 8.68. The van der Waals surface area contributed by atoms with Crippen LogP contribution in [0.3, 0.4) is 0 Å². The van der Waals surface area contributed by atoms with Crippen LogP contribution in [0.4, 0.5) is 0 Å². The lowest BCUT2D eigenvalue weighted by Crippen LogP contribution is -2.33. The van der Waals surface area contributed by atoms with E-state index in [0.717, 1.165) is 12.8 Å². The molecule has 0 spiro atoms. The van der Waals surface area contributed by atoms with Crippen molar-refractivity contribution in [2.24, 2.45) is 11.7 Å². The summed E-state index contributed by atoms with van der Waals surface area (Å²) in [6.07, 6.45) is 2.11. The normalized spacial score (nSPS) is 25.5. The molecule has 1 fully saturated rings. The zero-order valence-corrected chi connectivity index (χ0v) is 8.46. The molecule has 2 rings (SSSR count). The highest BCUT2D eigenvalue weighted by molar-refractivity contribution is 5.80. The molecule has 0 saturated heterocycles. The van der Waals surface area contributed by atoms with Gasteiger partial charge < -0.3 is 5.73 Å². The zero-order chi connectivity index (χ0) is 10.1. The summed E-state index contributed by atoms with van der Waals surface area (Å²) >= 11 is 0. The average molecular weight is 188 g/mol. The molecule has 0 heterocycles. The van der Waals surface area contributed by atoms with Crippen molar-refractivity contribution >= 4 is 5.84 Å². The minimum absolute atomic E-state index is 0.335. The maximum atomic E-state index is 7.32. The first-order valence-electron chi connectivity index (χ1n) is 5.07. The van der Waals surface area contributed by atoms with E-state index in [-0.39, 0.29) is 0 Å². The SMILES string of the molecule is Cc1ccc(C2CC(C(=N)N)C2)cc1. The monoisotopic (exact) mass is 188 g/mol. The highest BCUT2D eigenvalue weighted by atomic mass is 14.7. The van der Waals surface area contributed by atoms with Crippen LogP contribution in [0.1, 0.15) is 29.9 Å². The molecule has 2 heteroatoms. The topological polar surface area (TPSA) is 49.9 Å². The van der Waals surface area contributed by atoms with Crippen LogP contribution in [0.15, 0.2) is 24.3 Å². The van der Waals surface area contributed by atoms with Gasteiger partial charge in [-0.15, -0.1) is 0 Å². The van der Waals surface area contributed by atoms with Gasteiger partial charge in [-0.1, -0.05) is 29.8 Å². The van der Waals surface area contributed by atoms with Crippen molar-refractivity contribution in [1.29, 1.82) is 5.41 Å². The maximum absolute atomic E-state index is 7.32. The summed E-state index contributed by atoms with van der Waals surface area (Å²) < 4.78 is 0. The Hall–Kier alpha value is -1.31. The van der Waals surface area contributed by atoms with E-state index in [1.165, 1.54) is 11.1 Å². The van der Waals surface area contributed by atoms with Crippen molar-refractivity contribution < 1.29 is 0 Å². The average Bonchev–Trinajstić information content (AvgIpc) is 2.05. The number of nitrogens with two attached hydrogens (primary N) is 1. The van der Waals surface area contributed by atoms with E-state index >= 15 is 0 Å². The standard InChI is InChI=1S/C12H16N2/c1-8-2-4-9(5-3-8)10-6-11(7-10)12(13)14/h2-5,10-11H,6-7H2,1H3,(H3,13,14). The first-order chi connectivity index (χ1) is 6.66. The van der Waals surface area contributed by atoms with Crippen LogP contribution in [-0.4, -0.2) is 5.84 Å². The van der Waals surface area contributed by atoms with E-state index in [0.29, 0.717) is 17.7 Å². The van der Waals surface area contributed by atoms with Gasteiger partial charge in [-0.2, -0.15) is 0 Å². The molecule has 1 aliphatic rings. The molecule has 1 aromatic carbocycles. The summed E-state index contributed by atoms with van der Waals surface area (Å²) in [5.41, 5.74) is 8.14. The van der Waals surface area contributed by atoms with Crippen molar-refractivity contribution in [1.82, 2.24) is 0 Å². The Labute approximate surface area is 84.6 Å². The van der Waals surface area contributed by atoms with Gasteiger partial charge >= 0.3 is 0 Å². The molecule has 2 nitrogen and oxygen atoms in total. The molecule has 3 N–H and O–H groups in total. The van der Waals surface area contributed by atoms with E-state index in [2.05, 4.69) is 31.2 Å². The van der Waals surface area contributed by atoms with E-state index in [9.17, 15) is 0 Å². The lowest BCUT2D eigenvalue weighted by molar-refractivity contribution is 0.341. The number of hydrogen-bond donors (Lipinski definition) is 2. The Morgan fingerprint density at radius 3 is 2.36 bits per heavy atom. The Kier molecular flexibility index (Phi) is 2.28. The van der Waals surface area contributed by atoms with Gasteiger partial charge in [0.2, 0.25) is 0 Å². The predicted octanol–water partition coefficient (Wildman–Crippen LogP) is 2.42. The highest BCUT2D eigenvalue weighted by Gasteiger charge is 2.31. The summed E-state index contributed by atoms with van der Waals surface area (Å²) in [4.78, 5) is 0. The summed E-state index contributed by atoms with van der Waals surface area (Å²) in [7, 11) is 0. The molecule has 0 aromatic heterocycles.